The second-order valence-corrected chi connectivity index (χ2v) is 6.34. The number of hydrogen-bond acceptors (Lipinski definition) is 3. The fraction of sp³-hybridized carbons (Fsp3) is 0.0455. The predicted octanol–water partition coefficient (Wildman–Crippen LogP) is 5.24. The molecule has 0 radical (unpaired) electrons. The molecule has 0 amide bonds. The summed E-state index contributed by atoms with van der Waals surface area (Å²) in [6.07, 6.45) is -0.203. The fourth-order valence-corrected chi connectivity index (χ4v) is 3.70. The predicted molar refractivity (Wildman–Crippen MR) is 112 cm³/mol. The molecule has 1 atom stereocenters. The Kier molecular flexibility index (Phi) is 4.02. The summed E-state index contributed by atoms with van der Waals surface area (Å²) in [5.74, 6) is 0.580. The number of fused-ring (bicyclic) bond motifs is 3. The molecule has 4 aromatic carbocycles. The van der Waals surface area contributed by atoms with Crippen molar-refractivity contribution in [3.05, 3.63) is 90.0 Å². The minimum atomic E-state index is -0.203. The van der Waals surface area contributed by atoms with Gasteiger partial charge in [0.05, 0.1) is 0 Å². The maximum Gasteiger partial charge on any atom is 0.148 e. The molecule has 0 fully saturated rings. The van der Waals surface area contributed by atoms with E-state index in [2.05, 4.69) is 66.0 Å². The molecule has 1 aliphatic rings. The SMILES string of the molecule is Cl.NC1=NC(c2c3ccccc3cc3ccccc23)Nc2ccccc21. The molecule has 4 aromatic rings. The van der Waals surface area contributed by atoms with Gasteiger partial charge in [-0.3, -0.25) is 0 Å². The highest BCUT2D eigenvalue weighted by Crippen LogP contribution is 2.37. The summed E-state index contributed by atoms with van der Waals surface area (Å²) in [5, 5.41) is 8.39. The van der Waals surface area contributed by atoms with Gasteiger partial charge in [0.25, 0.3) is 0 Å². The van der Waals surface area contributed by atoms with Crippen molar-refractivity contribution in [1.29, 1.82) is 0 Å². The van der Waals surface area contributed by atoms with Gasteiger partial charge < -0.3 is 11.1 Å². The van der Waals surface area contributed by atoms with E-state index in [4.69, 9.17) is 10.7 Å². The number of amidine groups is 1. The Bertz CT molecular complexity index is 1100. The molecule has 4 heteroatoms. The number of para-hydroxylation sites is 1. The van der Waals surface area contributed by atoms with E-state index in [1.165, 1.54) is 27.1 Å². The van der Waals surface area contributed by atoms with Crippen LogP contribution in [0, 0.1) is 0 Å². The Labute approximate surface area is 158 Å². The van der Waals surface area contributed by atoms with E-state index in [1.807, 2.05) is 18.2 Å². The van der Waals surface area contributed by atoms with Crippen LogP contribution in [-0.4, -0.2) is 5.84 Å². The van der Waals surface area contributed by atoms with Crippen molar-refractivity contribution >= 4 is 45.5 Å². The van der Waals surface area contributed by atoms with Crippen molar-refractivity contribution in [1.82, 2.24) is 0 Å². The van der Waals surface area contributed by atoms with Crippen LogP contribution in [0.2, 0.25) is 0 Å². The normalized spacial score (nSPS) is 15.7. The zero-order chi connectivity index (χ0) is 16.8. The Morgan fingerprint density at radius 2 is 1.35 bits per heavy atom. The third-order valence-electron chi connectivity index (χ3n) is 4.85. The minimum Gasteiger partial charge on any atom is -0.383 e. The minimum absolute atomic E-state index is 0. The van der Waals surface area contributed by atoms with Crippen LogP contribution in [0.15, 0.2) is 83.9 Å². The van der Waals surface area contributed by atoms with Crippen LogP contribution in [0.25, 0.3) is 21.5 Å². The molecule has 0 bridgehead atoms. The van der Waals surface area contributed by atoms with Gasteiger partial charge in [0.1, 0.15) is 12.0 Å². The Hall–Kier alpha value is -3.04. The molecule has 1 aliphatic heterocycles. The molecule has 1 heterocycles. The highest BCUT2D eigenvalue weighted by Gasteiger charge is 2.23. The number of halogens is 1. The fourth-order valence-electron chi connectivity index (χ4n) is 3.70. The van der Waals surface area contributed by atoms with Crippen LogP contribution < -0.4 is 11.1 Å². The summed E-state index contributed by atoms with van der Waals surface area (Å²) in [6.45, 7) is 0. The van der Waals surface area contributed by atoms with Crippen molar-refractivity contribution < 1.29 is 0 Å². The van der Waals surface area contributed by atoms with Crippen molar-refractivity contribution in [3.8, 4) is 0 Å². The Morgan fingerprint density at radius 3 is 2.04 bits per heavy atom. The Balaban J connectivity index is 0.00000168. The number of rotatable bonds is 1. The lowest BCUT2D eigenvalue weighted by Crippen LogP contribution is -2.25. The van der Waals surface area contributed by atoms with Crippen molar-refractivity contribution in [2.75, 3.05) is 5.32 Å². The van der Waals surface area contributed by atoms with Gasteiger partial charge in [-0.05, 0) is 39.7 Å². The number of hydrogen-bond donors (Lipinski definition) is 2. The molecule has 3 nitrogen and oxygen atoms in total. The quantitative estimate of drug-likeness (QED) is 0.456. The largest absolute Gasteiger partial charge is 0.383 e. The summed E-state index contributed by atoms with van der Waals surface area (Å²) in [4.78, 5) is 4.78. The van der Waals surface area contributed by atoms with Gasteiger partial charge >= 0.3 is 0 Å². The van der Waals surface area contributed by atoms with E-state index in [0.717, 1.165) is 11.3 Å². The lowest BCUT2D eigenvalue weighted by molar-refractivity contribution is 0.840. The number of aliphatic imine (C=N–C) groups is 1. The molecule has 0 spiro atoms. The van der Waals surface area contributed by atoms with E-state index < -0.39 is 0 Å². The third-order valence-corrected chi connectivity index (χ3v) is 4.85. The van der Waals surface area contributed by atoms with Gasteiger partial charge in [-0.15, -0.1) is 12.4 Å². The number of anilines is 1. The maximum absolute atomic E-state index is 6.27. The van der Waals surface area contributed by atoms with Gasteiger partial charge in [-0.25, -0.2) is 4.99 Å². The Morgan fingerprint density at radius 1 is 0.769 bits per heavy atom. The van der Waals surface area contributed by atoms with Crippen LogP contribution in [0.5, 0.6) is 0 Å². The average molecular weight is 360 g/mol. The molecule has 128 valence electrons. The summed E-state index contributed by atoms with van der Waals surface area (Å²) < 4.78 is 0. The molecular weight excluding hydrogens is 342 g/mol. The smallest absolute Gasteiger partial charge is 0.148 e. The molecule has 0 aromatic heterocycles. The second-order valence-electron chi connectivity index (χ2n) is 6.34. The zero-order valence-electron chi connectivity index (χ0n) is 14.0. The molecular formula is C22H18ClN3. The highest BCUT2D eigenvalue weighted by molar-refractivity contribution is 6.06. The average Bonchev–Trinajstić information content (AvgIpc) is 2.66. The van der Waals surface area contributed by atoms with Crippen LogP contribution in [-0.2, 0) is 0 Å². The summed E-state index contributed by atoms with van der Waals surface area (Å²) in [7, 11) is 0. The van der Waals surface area contributed by atoms with Crippen LogP contribution in [0.3, 0.4) is 0 Å². The van der Waals surface area contributed by atoms with E-state index >= 15 is 0 Å². The summed E-state index contributed by atoms with van der Waals surface area (Å²) in [6, 6.07) is 27.2. The van der Waals surface area contributed by atoms with Crippen molar-refractivity contribution in [2.45, 2.75) is 6.17 Å². The first-order valence-electron chi connectivity index (χ1n) is 8.41. The number of nitrogens with one attached hydrogen (secondary N) is 1. The van der Waals surface area contributed by atoms with Crippen LogP contribution >= 0.6 is 12.4 Å². The second kappa shape index (κ2) is 6.36. The number of nitrogens with zero attached hydrogens (tertiary/aromatic N) is 1. The van der Waals surface area contributed by atoms with E-state index in [-0.39, 0.29) is 18.6 Å². The highest BCUT2D eigenvalue weighted by atomic mass is 35.5. The van der Waals surface area contributed by atoms with E-state index in [9.17, 15) is 0 Å². The first-order valence-corrected chi connectivity index (χ1v) is 8.41. The molecule has 5 rings (SSSR count). The van der Waals surface area contributed by atoms with E-state index in [1.54, 1.807) is 0 Å². The van der Waals surface area contributed by atoms with Gasteiger partial charge in [0.15, 0.2) is 0 Å². The number of benzene rings is 4. The standard InChI is InChI=1S/C22H17N3.ClH/c23-21-18-11-5-6-12-19(18)24-22(25-21)20-16-9-3-1-7-14(16)13-15-8-2-4-10-17(15)20;/h1-13,22,24H,(H2,23,25);1H. The van der Waals surface area contributed by atoms with Crippen molar-refractivity contribution in [3.63, 3.8) is 0 Å². The van der Waals surface area contributed by atoms with Gasteiger partial charge in [0.2, 0.25) is 0 Å². The molecule has 0 saturated carbocycles. The third kappa shape index (κ3) is 2.49. The maximum atomic E-state index is 6.27. The molecule has 26 heavy (non-hydrogen) atoms. The monoisotopic (exact) mass is 359 g/mol. The van der Waals surface area contributed by atoms with Crippen molar-refractivity contribution in [2.24, 2.45) is 10.7 Å². The van der Waals surface area contributed by atoms with Crippen LogP contribution in [0.4, 0.5) is 5.69 Å². The first kappa shape index (κ1) is 16.4. The molecule has 0 saturated heterocycles. The lowest BCUT2D eigenvalue weighted by Gasteiger charge is -2.26. The first-order chi connectivity index (χ1) is 12.3. The zero-order valence-corrected chi connectivity index (χ0v) is 14.8. The molecule has 1 unspecified atom stereocenters. The van der Waals surface area contributed by atoms with Gasteiger partial charge in [-0.2, -0.15) is 0 Å². The topological polar surface area (TPSA) is 50.4 Å². The summed E-state index contributed by atoms with van der Waals surface area (Å²) >= 11 is 0. The number of nitrogens with two attached hydrogens (primary N) is 1. The van der Waals surface area contributed by atoms with Crippen LogP contribution in [0.1, 0.15) is 17.3 Å². The van der Waals surface area contributed by atoms with Gasteiger partial charge in [0, 0.05) is 16.8 Å². The van der Waals surface area contributed by atoms with E-state index in [0.29, 0.717) is 5.84 Å². The molecule has 0 aliphatic carbocycles. The molecule has 3 N–H and O–H groups in total. The van der Waals surface area contributed by atoms with Gasteiger partial charge in [-0.1, -0.05) is 60.7 Å². The lowest BCUT2D eigenvalue weighted by atomic mass is 9.94. The summed E-state index contributed by atoms with van der Waals surface area (Å²) in [5.41, 5.74) is 9.43.